The summed E-state index contributed by atoms with van der Waals surface area (Å²) in [6, 6.07) is 11.7. The summed E-state index contributed by atoms with van der Waals surface area (Å²) in [6.45, 7) is 0. The van der Waals surface area contributed by atoms with Crippen molar-refractivity contribution in [2.45, 2.75) is 4.90 Å². The lowest BCUT2D eigenvalue weighted by molar-refractivity contribution is 0.262. The smallest absolute Gasteiger partial charge is 0.323 e. The number of nitrogens with one attached hydrogen (secondary N) is 2. The molecule has 0 saturated carbocycles. The van der Waals surface area contributed by atoms with Crippen LogP contribution in [0.3, 0.4) is 0 Å². The van der Waals surface area contributed by atoms with Gasteiger partial charge in [-0.25, -0.2) is 18.4 Å². The zero-order valence-corrected chi connectivity index (χ0v) is 11.7. The molecule has 2 rings (SSSR count). The fraction of sp³-hybridized carbons (Fsp3) is 0. The Hall–Kier alpha value is -2.58. The monoisotopic (exact) mass is 306 g/mol. The maximum Gasteiger partial charge on any atom is 0.323 e. The Morgan fingerprint density at radius 1 is 0.952 bits per heavy atom. The van der Waals surface area contributed by atoms with E-state index in [4.69, 9.17) is 10.9 Å². The highest BCUT2D eigenvalue weighted by molar-refractivity contribution is 7.89. The summed E-state index contributed by atoms with van der Waals surface area (Å²) in [6.07, 6.45) is 0. The maximum atomic E-state index is 11.8. The third-order valence-electron chi connectivity index (χ3n) is 2.59. The number of nitrogen functional groups attached to an aromatic ring is 1. The van der Waals surface area contributed by atoms with Crippen LogP contribution < -0.4 is 21.5 Å². The number of nitrogens with two attached hydrogens (primary N) is 2. The van der Waals surface area contributed by atoms with E-state index in [9.17, 15) is 13.2 Å². The van der Waals surface area contributed by atoms with E-state index in [1.165, 1.54) is 18.2 Å². The number of carbonyl (C=O) groups excluding carboxylic acids is 1. The standard InChI is InChI=1S/C13H14N4O3S/c14-9-4-6-10(7-5-9)16-13(18)17-11-2-1-3-12(8-11)21(15,19)20/h1-8H,14H2,(H2,15,19,20)(H2,16,17,18). The molecule has 0 spiro atoms. The van der Waals surface area contributed by atoms with E-state index >= 15 is 0 Å². The van der Waals surface area contributed by atoms with Crippen molar-refractivity contribution < 1.29 is 13.2 Å². The van der Waals surface area contributed by atoms with Gasteiger partial charge in [-0.2, -0.15) is 0 Å². The number of benzene rings is 2. The van der Waals surface area contributed by atoms with Crippen molar-refractivity contribution in [3.63, 3.8) is 0 Å². The molecule has 0 aliphatic rings. The quantitative estimate of drug-likeness (QED) is 0.641. The van der Waals surface area contributed by atoms with Gasteiger partial charge in [-0.3, -0.25) is 0 Å². The van der Waals surface area contributed by atoms with Gasteiger partial charge in [0.25, 0.3) is 0 Å². The highest BCUT2D eigenvalue weighted by Gasteiger charge is 2.09. The fourth-order valence-corrected chi connectivity index (χ4v) is 2.17. The van der Waals surface area contributed by atoms with Crippen molar-refractivity contribution in [3.8, 4) is 0 Å². The van der Waals surface area contributed by atoms with Crippen molar-refractivity contribution in [2.24, 2.45) is 5.14 Å². The molecule has 0 bridgehead atoms. The lowest BCUT2D eigenvalue weighted by Gasteiger charge is -2.08. The predicted octanol–water partition coefficient (Wildman–Crippen LogP) is 1.56. The first-order valence-electron chi connectivity index (χ1n) is 5.91. The highest BCUT2D eigenvalue weighted by atomic mass is 32.2. The van der Waals surface area contributed by atoms with Crippen LogP contribution in [0, 0.1) is 0 Å². The summed E-state index contributed by atoms with van der Waals surface area (Å²) in [7, 11) is -3.81. The number of carbonyl (C=O) groups is 1. The normalized spacial score (nSPS) is 10.9. The third-order valence-corrected chi connectivity index (χ3v) is 3.50. The van der Waals surface area contributed by atoms with Gasteiger partial charge >= 0.3 is 6.03 Å². The number of hydrogen-bond donors (Lipinski definition) is 4. The average molecular weight is 306 g/mol. The molecule has 7 nitrogen and oxygen atoms in total. The number of rotatable bonds is 3. The molecule has 0 aliphatic heterocycles. The van der Waals surface area contributed by atoms with Crippen molar-refractivity contribution in [3.05, 3.63) is 48.5 Å². The molecule has 2 amide bonds. The Kier molecular flexibility index (Phi) is 4.10. The molecule has 0 fully saturated rings. The summed E-state index contributed by atoms with van der Waals surface area (Å²) in [5.41, 5.74) is 7.00. The number of urea groups is 1. The molecule has 0 aliphatic carbocycles. The summed E-state index contributed by atoms with van der Waals surface area (Å²) in [5, 5.41) is 10.1. The number of anilines is 3. The van der Waals surface area contributed by atoms with Gasteiger partial charge in [0.2, 0.25) is 10.0 Å². The Morgan fingerprint density at radius 3 is 2.19 bits per heavy atom. The fourth-order valence-electron chi connectivity index (χ4n) is 1.61. The van der Waals surface area contributed by atoms with Gasteiger partial charge in [0.05, 0.1) is 4.90 Å². The minimum absolute atomic E-state index is 0.0761. The van der Waals surface area contributed by atoms with Gasteiger partial charge < -0.3 is 16.4 Å². The molecule has 0 saturated heterocycles. The third kappa shape index (κ3) is 4.20. The molecule has 0 atom stereocenters. The van der Waals surface area contributed by atoms with Crippen LogP contribution in [0.1, 0.15) is 0 Å². The van der Waals surface area contributed by atoms with E-state index in [1.807, 2.05) is 0 Å². The molecule has 0 radical (unpaired) electrons. The van der Waals surface area contributed by atoms with E-state index in [0.29, 0.717) is 17.1 Å². The van der Waals surface area contributed by atoms with Gasteiger partial charge in [0.1, 0.15) is 0 Å². The molecule has 8 heteroatoms. The number of sulfonamides is 1. The topological polar surface area (TPSA) is 127 Å². The average Bonchev–Trinajstić information content (AvgIpc) is 2.41. The number of hydrogen-bond acceptors (Lipinski definition) is 4. The molecule has 0 unspecified atom stereocenters. The van der Waals surface area contributed by atoms with Gasteiger partial charge in [-0.1, -0.05) is 6.07 Å². The van der Waals surface area contributed by atoms with Crippen LogP contribution in [0.15, 0.2) is 53.4 Å². The number of amides is 2. The van der Waals surface area contributed by atoms with Crippen LogP contribution in [0.25, 0.3) is 0 Å². The highest BCUT2D eigenvalue weighted by Crippen LogP contribution is 2.15. The SMILES string of the molecule is Nc1ccc(NC(=O)Nc2cccc(S(N)(=O)=O)c2)cc1. The molecule has 110 valence electrons. The van der Waals surface area contributed by atoms with Crippen molar-refractivity contribution in [2.75, 3.05) is 16.4 Å². The van der Waals surface area contributed by atoms with E-state index in [1.54, 1.807) is 30.3 Å². The molecule has 6 N–H and O–H groups in total. The van der Waals surface area contributed by atoms with Crippen LogP contribution in [0.2, 0.25) is 0 Å². The second-order valence-corrected chi connectivity index (χ2v) is 5.84. The first-order chi connectivity index (χ1) is 9.84. The first kappa shape index (κ1) is 14.8. The van der Waals surface area contributed by atoms with Crippen LogP contribution in [-0.2, 0) is 10.0 Å². The van der Waals surface area contributed by atoms with Crippen LogP contribution >= 0.6 is 0 Å². The summed E-state index contributed by atoms with van der Waals surface area (Å²) in [4.78, 5) is 11.7. The van der Waals surface area contributed by atoms with Gasteiger partial charge in [-0.15, -0.1) is 0 Å². The van der Waals surface area contributed by atoms with E-state index in [2.05, 4.69) is 10.6 Å². The molecule has 2 aromatic rings. The van der Waals surface area contributed by atoms with E-state index in [-0.39, 0.29) is 4.90 Å². The first-order valence-corrected chi connectivity index (χ1v) is 7.46. The van der Waals surface area contributed by atoms with Gasteiger partial charge in [-0.05, 0) is 42.5 Å². The minimum atomic E-state index is -3.81. The summed E-state index contributed by atoms with van der Waals surface area (Å²) < 4.78 is 22.5. The molecular formula is C13H14N4O3S. The zero-order valence-electron chi connectivity index (χ0n) is 10.9. The Bertz CT molecular complexity index is 757. The molecule has 0 heterocycles. The Balaban J connectivity index is 2.08. The van der Waals surface area contributed by atoms with Crippen LogP contribution in [0.4, 0.5) is 21.9 Å². The van der Waals surface area contributed by atoms with E-state index in [0.717, 1.165) is 0 Å². The minimum Gasteiger partial charge on any atom is -0.399 e. The summed E-state index contributed by atoms with van der Waals surface area (Å²) >= 11 is 0. The van der Waals surface area contributed by atoms with Crippen molar-refractivity contribution in [1.29, 1.82) is 0 Å². The molecule has 21 heavy (non-hydrogen) atoms. The van der Waals surface area contributed by atoms with Crippen molar-refractivity contribution in [1.82, 2.24) is 0 Å². The van der Waals surface area contributed by atoms with E-state index < -0.39 is 16.1 Å². The lowest BCUT2D eigenvalue weighted by atomic mass is 10.3. The molecular weight excluding hydrogens is 292 g/mol. The Morgan fingerprint density at radius 2 is 1.57 bits per heavy atom. The Labute approximate surface area is 122 Å². The van der Waals surface area contributed by atoms with Crippen molar-refractivity contribution >= 4 is 33.1 Å². The second kappa shape index (κ2) is 5.81. The predicted molar refractivity (Wildman–Crippen MR) is 81.3 cm³/mol. The van der Waals surface area contributed by atoms with Gasteiger partial charge in [0, 0.05) is 17.1 Å². The van der Waals surface area contributed by atoms with Crippen LogP contribution in [0.5, 0.6) is 0 Å². The summed E-state index contributed by atoms with van der Waals surface area (Å²) in [5.74, 6) is 0. The lowest BCUT2D eigenvalue weighted by Crippen LogP contribution is -2.20. The zero-order chi connectivity index (χ0) is 15.5. The van der Waals surface area contributed by atoms with Gasteiger partial charge in [0.15, 0.2) is 0 Å². The molecule has 0 aromatic heterocycles. The maximum absolute atomic E-state index is 11.8. The largest absolute Gasteiger partial charge is 0.399 e. The number of primary sulfonamides is 1. The van der Waals surface area contributed by atoms with Crippen LogP contribution in [-0.4, -0.2) is 14.4 Å². The second-order valence-electron chi connectivity index (χ2n) is 4.27. The molecule has 2 aromatic carbocycles.